The van der Waals surface area contributed by atoms with Crippen molar-refractivity contribution in [3.8, 4) is 0 Å². The van der Waals surface area contributed by atoms with Crippen molar-refractivity contribution < 1.29 is 18.2 Å². The summed E-state index contributed by atoms with van der Waals surface area (Å²) >= 11 is 0.956. The van der Waals surface area contributed by atoms with Crippen LogP contribution in [0.2, 0.25) is 0 Å². The van der Waals surface area contributed by atoms with E-state index in [0.717, 1.165) is 24.6 Å². The SMILES string of the molecule is [3H][B]SOCC(C)(C)C1(C)OC(C[C@@H](OP([B])C)C(C)C)C/C(=C\C)C1=O. The third kappa shape index (κ3) is 5.85. The molecule has 4 nitrogen and oxygen atoms in total. The van der Waals surface area contributed by atoms with E-state index in [-0.39, 0.29) is 18.0 Å². The van der Waals surface area contributed by atoms with Crippen LogP contribution in [0.15, 0.2) is 11.6 Å². The second-order valence-corrected chi connectivity index (χ2v) is 9.76. The van der Waals surface area contributed by atoms with Gasteiger partial charge < -0.3 is 13.4 Å². The van der Waals surface area contributed by atoms with Crippen LogP contribution in [0, 0.1) is 11.3 Å². The lowest BCUT2D eigenvalue weighted by Crippen LogP contribution is -2.58. The van der Waals surface area contributed by atoms with Crippen molar-refractivity contribution >= 4 is 40.4 Å². The van der Waals surface area contributed by atoms with Gasteiger partial charge in [0, 0.05) is 18.3 Å². The van der Waals surface area contributed by atoms with E-state index in [1.807, 2.05) is 40.4 Å². The summed E-state index contributed by atoms with van der Waals surface area (Å²) in [4.78, 5) is 13.2. The van der Waals surface area contributed by atoms with Gasteiger partial charge in [-0.15, -0.1) is 0 Å². The van der Waals surface area contributed by atoms with Gasteiger partial charge in [0.15, 0.2) is 5.78 Å². The van der Waals surface area contributed by atoms with Crippen molar-refractivity contribution in [2.45, 2.75) is 72.2 Å². The molecule has 8 heteroatoms. The number of hydrogen-bond donors (Lipinski definition) is 0. The third-order valence-electron chi connectivity index (χ3n) is 5.24. The zero-order chi connectivity index (χ0) is 20.8. The number of hydrogen-bond acceptors (Lipinski definition) is 5. The molecule has 1 saturated heterocycles. The summed E-state index contributed by atoms with van der Waals surface area (Å²) in [5.74, 6) is 0.314. The molecule has 0 amide bonds. The van der Waals surface area contributed by atoms with Crippen LogP contribution in [0.1, 0.15) is 54.4 Å². The second kappa shape index (κ2) is 10.1. The largest absolute Gasteiger partial charge is 0.367 e. The van der Waals surface area contributed by atoms with E-state index in [1.54, 1.807) is 0 Å². The highest BCUT2D eigenvalue weighted by Gasteiger charge is 2.53. The maximum absolute atomic E-state index is 13.2. The highest BCUT2D eigenvalue weighted by atomic mass is 32.2. The first-order valence-electron chi connectivity index (χ1n) is 9.57. The predicted octanol–water partition coefficient (Wildman–Crippen LogP) is 4.10. The molecule has 0 saturated carbocycles. The molecule has 1 aliphatic rings. The topological polar surface area (TPSA) is 44.8 Å². The molecule has 1 rings (SSSR count). The van der Waals surface area contributed by atoms with Gasteiger partial charge in [0.1, 0.15) is 13.2 Å². The number of ether oxygens (including phenoxy) is 1. The quantitative estimate of drug-likeness (QED) is 0.182. The molecule has 0 aromatic rings. The fourth-order valence-electron chi connectivity index (χ4n) is 3.15. The van der Waals surface area contributed by atoms with E-state index >= 15 is 0 Å². The minimum atomic E-state index is -1.01. The monoisotopic (exact) mass is 399 g/mol. The van der Waals surface area contributed by atoms with E-state index in [9.17, 15) is 4.79 Å². The molecule has 1 fully saturated rings. The van der Waals surface area contributed by atoms with Crippen LogP contribution in [0.5, 0.6) is 0 Å². The summed E-state index contributed by atoms with van der Waals surface area (Å²) in [7, 11) is 6.07. The minimum absolute atomic E-state index is 0.00767. The normalized spacial score (nSPS) is 28.9. The smallest absolute Gasteiger partial charge is 0.209 e. The maximum Gasteiger partial charge on any atom is 0.209 e. The summed E-state index contributed by atoms with van der Waals surface area (Å²) in [5.41, 5.74) is -0.788. The van der Waals surface area contributed by atoms with Crippen molar-refractivity contribution in [3.63, 3.8) is 0 Å². The Labute approximate surface area is 168 Å². The fraction of sp³-hybridized carbons (Fsp3) is 0.833. The first kappa shape index (κ1) is 22.5. The lowest BCUT2D eigenvalue weighted by molar-refractivity contribution is -0.185. The molecule has 0 spiro atoms. The van der Waals surface area contributed by atoms with E-state index < -0.39 is 19.0 Å². The Morgan fingerprint density at radius 2 is 2.27 bits per heavy atom. The molecule has 0 aromatic carbocycles. The Bertz CT molecular complexity index is 533. The van der Waals surface area contributed by atoms with Gasteiger partial charge in [-0.05, 0) is 41.4 Å². The van der Waals surface area contributed by atoms with Crippen molar-refractivity contribution in [2.24, 2.45) is 11.3 Å². The standard InChI is InChI=1S/C18H32B2O4PS/c1-8-13-9-14(10-15(12(2)3)24-25(7)19)23-18(6,16(13)21)17(4,5)11-22-26-20/h8,12,14-15,20H,9-11H2,1-7H3/b13-8+/t14?,15-,18?,25?/m1/s1/i20T. The summed E-state index contributed by atoms with van der Waals surface area (Å²) in [6.45, 7) is 14.1. The number of allylic oxidation sites excluding steroid dienone is 1. The molecular weight excluding hydrogens is 365 g/mol. The van der Waals surface area contributed by atoms with Crippen LogP contribution in [0.3, 0.4) is 0 Å². The molecule has 0 bridgehead atoms. The van der Waals surface area contributed by atoms with E-state index in [1.165, 1.54) is 0 Å². The number of carbonyl (C=O) groups is 1. The van der Waals surface area contributed by atoms with Crippen molar-refractivity contribution in [1.29, 1.82) is 1.34 Å². The van der Waals surface area contributed by atoms with Gasteiger partial charge in [-0.1, -0.05) is 45.7 Å². The summed E-state index contributed by atoms with van der Waals surface area (Å²) in [6, 6.07) is 0. The van der Waals surface area contributed by atoms with E-state index in [2.05, 4.69) is 13.8 Å². The molecule has 26 heavy (non-hydrogen) atoms. The highest BCUT2D eigenvalue weighted by molar-refractivity contribution is 8.15. The van der Waals surface area contributed by atoms with Gasteiger partial charge in [0.25, 0.3) is 0 Å². The van der Waals surface area contributed by atoms with Gasteiger partial charge in [-0.3, -0.25) is 4.79 Å². The van der Waals surface area contributed by atoms with Crippen LogP contribution in [-0.4, -0.2) is 52.9 Å². The number of ketones is 1. The third-order valence-corrected chi connectivity index (χ3v) is 6.10. The summed E-state index contributed by atoms with van der Waals surface area (Å²) in [6.07, 6.45) is 3.01. The molecule has 3 radical (unpaired) electrons. The maximum atomic E-state index is 13.2. The number of Topliss-reactive ketones (excluding diaryl/α,β-unsaturated/α-hetero) is 1. The average Bonchev–Trinajstić information content (AvgIpc) is 2.56. The lowest BCUT2D eigenvalue weighted by atomic mass is 9.69. The van der Waals surface area contributed by atoms with E-state index in [0.29, 0.717) is 25.4 Å². The van der Waals surface area contributed by atoms with Crippen molar-refractivity contribution in [3.05, 3.63) is 11.6 Å². The molecule has 1 aliphatic heterocycles. The Kier molecular flexibility index (Phi) is 8.75. The molecular formula is C18H32B2O4PS. The van der Waals surface area contributed by atoms with Crippen molar-refractivity contribution in [2.75, 3.05) is 13.3 Å². The summed E-state index contributed by atoms with van der Waals surface area (Å²) in [5, 5.41) is 0. The van der Waals surface area contributed by atoms with Gasteiger partial charge in [0.05, 0.1) is 18.8 Å². The lowest BCUT2D eigenvalue weighted by Gasteiger charge is -2.48. The summed E-state index contributed by atoms with van der Waals surface area (Å²) < 4.78 is 24.9. The first-order valence-corrected chi connectivity index (χ1v) is 11.6. The molecule has 0 aromatic heterocycles. The Morgan fingerprint density at radius 1 is 1.62 bits per heavy atom. The number of rotatable bonds is 10. The average molecular weight is 399 g/mol. The Hall–Kier alpha value is 0.200. The van der Waals surface area contributed by atoms with Crippen LogP contribution in [0.4, 0.5) is 0 Å². The molecule has 4 atom stereocenters. The molecule has 0 aliphatic carbocycles. The second-order valence-electron chi connectivity index (χ2n) is 8.03. The van der Waals surface area contributed by atoms with Crippen LogP contribution >= 0.6 is 19.9 Å². The van der Waals surface area contributed by atoms with Crippen LogP contribution in [0.25, 0.3) is 0 Å². The predicted molar refractivity (Wildman–Crippen MR) is 114 cm³/mol. The molecule has 1 heterocycles. The van der Waals surface area contributed by atoms with Gasteiger partial charge >= 0.3 is 0 Å². The molecule has 0 N–H and O–H groups in total. The van der Waals surface area contributed by atoms with Crippen molar-refractivity contribution in [1.82, 2.24) is 0 Å². The van der Waals surface area contributed by atoms with Gasteiger partial charge in [-0.25, -0.2) is 0 Å². The minimum Gasteiger partial charge on any atom is -0.367 e. The Balaban J connectivity index is 3.06. The zero-order valence-electron chi connectivity index (χ0n) is 18.1. The Morgan fingerprint density at radius 3 is 2.77 bits per heavy atom. The van der Waals surface area contributed by atoms with Crippen LogP contribution in [-0.2, 0) is 18.2 Å². The molecule has 145 valence electrons. The first-order chi connectivity index (χ1) is 12.5. The zero-order valence-corrected chi connectivity index (χ0v) is 18.8. The van der Waals surface area contributed by atoms with E-state index in [4.69, 9.17) is 22.3 Å². The van der Waals surface area contributed by atoms with Crippen LogP contribution < -0.4 is 0 Å². The van der Waals surface area contributed by atoms with Gasteiger partial charge in [-0.2, -0.15) is 0 Å². The van der Waals surface area contributed by atoms with Gasteiger partial charge in [0.2, 0.25) is 7.09 Å². The molecule has 3 unspecified atom stereocenters. The number of carbonyl (C=O) groups excluding carboxylic acids is 1. The fourth-order valence-corrected chi connectivity index (χ4v) is 4.27. The highest BCUT2D eigenvalue weighted by Crippen LogP contribution is 2.44.